The maximum absolute atomic E-state index is 5.62. The van der Waals surface area contributed by atoms with Crippen LogP contribution in [0.1, 0.15) is 32.3 Å². The van der Waals surface area contributed by atoms with Gasteiger partial charge in [0.2, 0.25) is 0 Å². The molecule has 144 valence electrons. The van der Waals surface area contributed by atoms with E-state index in [0.717, 1.165) is 57.4 Å². The maximum atomic E-state index is 5.62. The normalized spacial score (nSPS) is 17.9. The van der Waals surface area contributed by atoms with Crippen molar-refractivity contribution in [1.29, 1.82) is 0 Å². The first-order valence-corrected chi connectivity index (χ1v) is 9.55. The van der Waals surface area contributed by atoms with Crippen LogP contribution in [-0.4, -0.2) is 61.8 Å². The first-order valence-electron chi connectivity index (χ1n) is 9.55. The van der Waals surface area contributed by atoms with Crippen LogP contribution in [0.3, 0.4) is 0 Å². The lowest BCUT2D eigenvalue weighted by atomic mass is 10.2. The number of rotatable bonds is 8. The van der Waals surface area contributed by atoms with Crippen LogP contribution in [0.15, 0.2) is 36.0 Å². The van der Waals surface area contributed by atoms with Crippen LogP contribution >= 0.6 is 0 Å². The number of nitrogens with zero attached hydrogens (tertiary/aromatic N) is 4. The summed E-state index contributed by atoms with van der Waals surface area (Å²) in [7, 11) is 2.08. The van der Waals surface area contributed by atoms with Crippen molar-refractivity contribution in [2.75, 3.05) is 44.7 Å². The number of morpholine rings is 1. The summed E-state index contributed by atoms with van der Waals surface area (Å²) in [6.45, 7) is 13.0. The molecule has 2 rings (SSSR count). The number of hydrogen-bond acceptors (Lipinski definition) is 4. The van der Waals surface area contributed by atoms with Crippen LogP contribution in [0.4, 0.5) is 5.82 Å². The highest BCUT2D eigenvalue weighted by Crippen LogP contribution is 2.17. The maximum Gasteiger partial charge on any atom is 0.193 e. The second-order valence-corrected chi connectivity index (χ2v) is 6.67. The van der Waals surface area contributed by atoms with Crippen LogP contribution in [0.5, 0.6) is 0 Å². The van der Waals surface area contributed by atoms with E-state index in [1.165, 1.54) is 5.56 Å². The fourth-order valence-electron chi connectivity index (χ4n) is 2.97. The molecule has 0 amide bonds. The molecule has 2 heterocycles. The fourth-order valence-corrected chi connectivity index (χ4v) is 2.97. The molecule has 6 heteroatoms. The third-order valence-electron chi connectivity index (χ3n) is 4.38. The van der Waals surface area contributed by atoms with Crippen molar-refractivity contribution in [3.8, 4) is 0 Å². The molecule has 6 nitrogen and oxygen atoms in total. The summed E-state index contributed by atoms with van der Waals surface area (Å²) in [4.78, 5) is 13.8. The highest BCUT2D eigenvalue weighted by atomic mass is 16.5. The number of allylic oxidation sites excluding steroid dienone is 1. The molecule has 1 aliphatic rings. The summed E-state index contributed by atoms with van der Waals surface area (Å²) in [5.41, 5.74) is 1.17. The van der Waals surface area contributed by atoms with Gasteiger partial charge in [0.15, 0.2) is 5.96 Å². The minimum atomic E-state index is 0.247. The number of aromatic nitrogens is 1. The molecule has 0 aliphatic carbocycles. The first-order chi connectivity index (χ1) is 12.6. The molecule has 0 radical (unpaired) electrons. The van der Waals surface area contributed by atoms with Gasteiger partial charge in [0.05, 0.1) is 19.3 Å². The number of pyridine rings is 1. The fraction of sp³-hybridized carbons (Fsp3) is 0.600. The second-order valence-electron chi connectivity index (χ2n) is 6.67. The minimum absolute atomic E-state index is 0.247. The van der Waals surface area contributed by atoms with Gasteiger partial charge in [-0.05, 0) is 44.4 Å². The quantitative estimate of drug-likeness (QED) is 0.335. The largest absolute Gasteiger partial charge is 0.375 e. The molecule has 0 bridgehead atoms. The Kier molecular flexibility index (Phi) is 8.41. The van der Waals surface area contributed by atoms with Gasteiger partial charge >= 0.3 is 0 Å². The first kappa shape index (κ1) is 20.2. The Bertz CT molecular complexity index is 589. The zero-order valence-corrected chi connectivity index (χ0v) is 16.4. The zero-order valence-electron chi connectivity index (χ0n) is 16.4. The Balaban J connectivity index is 2.01. The molecule has 1 fully saturated rings. The molecule has 1 unspecified atom stereocenters. The average molecular weight is 360 g/mol. The number of anilines is 1. The van der Waals surface area contributed by atoms with E-state index in [1.807, 2.05) is 18.3 Å². The molecule has 0 saturated carbocycles. The van der Waals surface area contributed by atoms with E-state index in [1.54, 1.807) is 0 Å². The lowest BCUT2D eigenvalue weighted by Gasteiger charge is -2.32. The van der Waals surface area contributed by atoms with Crippen molar-refractivity contribution in [1.82, 2.24) is 15.2 Å². The van der Waals surface area contributed by atoms with E-state index in [-0.39, 0.29) is 6.10 Å². The summed E-state index contributed by atoms with van der Waals surface area (Å²) in [6, 6.07) is 4.18. The Morgan fingerprint density at radius 1 is 1.58 bits per heavy atom. The Hall–Kier alpha value is -2.08. The number of ether oxygens (including phenoxy) is 1. The Morgan fingerprint density at radius 3 is 3.15 bits per heavy atom. The van der Waals surface area contributed by atoms with Gasteiger partial charge in [-0.1, -0.05) is 6.08 Å². The van der Waals surface area contributed by atoms with Crippen molar-refractivity contribution in [3.63, 3.8) is 0 Å². The molecule has 1 N–H and O–H groups in total. The number of unbranched alkanes of at least 4 members (excludes halogenated alkanes) is 1. The minimum Gasteiger partial charge on any atom is -0.375 e. The van der Waals surface area contributed by atoms with Gasteiger partial charge in [-0.2, -0.15) is 0 Å². The standard InChI is InChI=1S/C20H33N5O/c1-5-7-8-11-24(4)20(21-6-2)23-15-18-9-10-22-19(14-18)25-12-13-26-17(3)16-25/h5,9-10,14,17H,1,6-8,11-13,15-16H2,2-4H3,(H,21,23). The van der Waals surface area contributed by atoms with E-state index in [0.29, 0.717) is 6.54 Å². The Labute approximate surface area is 158 Å². The average Bonchev–Trinajstić information content (AvgIpc) is 2.65. The number of hydrogen-bond donors (Lipinski definition) is 1. The lowest BCUT2D eigenvalue weighted by molar-refractivity contribution is 0.0529. The highest BCUT2D eigenvalue weighted by Gasteiger charge is 2.18. The van der Waals surface area contributed by atoms with Gasteiger partial charge in [0.1, 0.15) is 5.82 Å². The highest BCUT2D eigenvalue weighted by molar-refractivity contribution is 5.79. The van der Waals surface area contributed by atoms with Crippen molar-refractivity contribution in [3.05, 3.63) is 36.5 Å². The van der Waals surface area contributed by atoms with Crippen LogP contribution in [0.25, 0.3) is 0 Å². The van der Waals surface area contributed by atoms with Gasteiger partial charge < -0.3 is 19.9 Å². The predicted octanol–water partition coefficient (Wildman–Crippen LogP) is 2.67. The molecule has 1 aromatic rings. The molecular weight excluding hydrogens is 326 g/mol. The number of aliphatic imine (C=N–C) groups is 1. The SMILES string of the molecule is C=CCCCN(C)C(=NCc1ccnc(N2CCOC(C)C2)c1)NCC. The molecule has 0 aromatic carbocycles. The van der Waals surface area contributed by atoms with Crippen LogP contribution in [0.2, 0.25) is 0 Å². The zero-order chi connectivity index (χ0) is 18.8. The molecule has 1 atom stereocenters. The van der Waals surface area contributed by atoms with Gasteiger partial charge in [0.25, 0.3) is 0 Å². The molecule has 1 saturated heterocycles. The second kappa shape index (κ2) is 10.8. The topological polar surface area (TPSA) is 53.0 Å². The number of nitrogens with one attached hydrogen (secondary N) is 1. The van der Waals surface area contributed by atoms with E-state index in [2.05, 4.69) is 53.6 Å². The monoisotopic (exact) mass is 359 g/mol. The Morgan fingerprint density at radius 2 is 2.42 bits per heavy atom. The van der Waals surface area contributed by atoms with E-state index < -0.39 is 0 Å². The van der Waals surface area contributed by atoms with Crippen LogP contribution in [0, 0.1) is 0 Å². The van der Waals surface area contributed by atoms with Gasteiger partial charge in [-0.3, -0.25) is 0 Å². The molecule has 1 aromatic heterocycles. The summed E-state index contributed by atoms with van der Waals surface area (Å²) in [5.74, 6) is 1.95. The van der Waals surface area contributed by atoms with E-state index in [9.17, 15) is 0 Å². The van der Waals surface area contributed by atoms with Crippen LogP contribution < -0.4 is 10.2 Å². The summed E-state index contributed by atoms with van der Waals surface area (Å²) < 4.78 is 5.62. The smallest absolute Gasteiger partial charge is 0.193 e. The van der Waals surface area contributed by atoms with E-state index >= 15 is 0 Å². The van der Waals surface area contributed by atoms with Crippen molar-refractivity contribution >= 4 is 11.8 Å². The predicted molar refractivity (Wildman–Crippen MR) is 109 cm³/mol. The van der Waals surface area contributed by atoms with Gasteiger partial charge in [0, 0.05) is 39.4 Å². The van der Waals surface area contributed by atoms with E-state index in [4.69, 9.17) is 9.73 Å². The third kappa shape index (κ3) is 6.33. The van der Waals surface area contributed by atoms with Gasteiger partial charge in [-0.15, -0.1) is 6.58 Å². The molecule has 26 heavy (non-hydrogen) atoms. The van der Waals surface area contributed by atoms with Crippen molar-refractivity contribution in [2.24, 2.45) is 4.99 Å². The van der Waals surface area contributed by atoms with Gasteiger partial charge in [-0.25, -0.2) is 9.98 Å². The summed E-state index contributed by atoms with van der Waals surface area (Å²) >= 11 is 0. The number of guanidine groups is 1. The molecule has 0 spiro atoms. The summed E-state index contributed by atoms with van der Waals surface area (Å²) in [5, 5.41) is 3.37. The third-order valence-corrected chi connectivity index (χ3v) is 4.38. The lowest BCUT2D eigenvalue weighted by Crippen LogP contribution is -2.41. The van der Waals surface area contributed by atoms with Crippen molar-refractivity contribution < 1.29 is 4.74 Å². The van der Waals surface area contributed by atoms with Crippen LogP contribution in [-0.2, 0) is 11.3 Å². The summed E-state index contributed by atoms with van der Waals surface area (Å²) in [6.07, 6.45) is 6.19. The molecule has 1 aliphatic heterocycles. The van der Waals surface area contributed by atoms with Crippen molar-refractivity contribution in [2.45, 2.75) is 39.3 Å². The molecular formula is C20H33N5O.